The van der Waals surface area contributed by atoms with E-state index in [1.807, 2.05) is 0 Å². The molecule has 6 heteroatoms. The summed E-state index contributed by atoms with van der Waals surface area (Å²) in [6, 6.07) is 9.17. The molecular formula is C17H19N3O3. The topological polar surface area (TPSA) is 72.5 Å². The first-order valence-electron chi connectivity index (χ1n) is 7.46. The molecule has 2 aromatic rings. The largest absolute Gasteiger partial charge is 0.497 e. The predicted octanol–water partition coefficient (Wildman–Crippen LogP) is 2.93. The molecule has 3 rings (SSSR count). The number of hydrogen-bond acceptors (Lipinski definition) is 5. The monoisotopic (exact) mass is 313 g/mol. The smallest absolute Gasteiger partial charge is 0.259 e. The van der Waals surface area contributed by atoms with E-state index in [1.165, 1.54) is 0 Å². The molecule has 0 radical (unpaired) electrons. The van der Waals surface area contributed by atoms with Gasteiger partial charge in [0.2, 0.25) is 0 Å². The maximum absolute atomic E-state index is 12.6. The van der Waals surface area contributed by atoms with Crippen LogP contribution in [0.25, 0.3) is 0 Å². The summed E-state index contributed by atoms with van der Waals surface area (Å²) in [5, 5.41) is 6.14. The second-order valence-electron chi connectivity index (χ2n) is 5.34. The summed E-state index contributed by atoms with van der Waals surface area (Å²) in [6.45, 7) is 0. The van der Waals surface area contributed by atoms with Crippen LogP contribution in [0.2, 0.25) is 0 Å². The molecule has 0 atom stereocenters. The fourth-order valence-electron chi connectivity index (χ4n) is 2.22. The molecule has 1 saturated carbocycles. The summed E-state index contributed by atoms with van der Waals surface area (Å²) in [5.74, 6) is 1.58. The highest BCUT2D eigenvalue weighted by atomic mass is 16.5. The van der Waals surface area contributed by atoms with E-state index in [0.717, 1.165) is 12.8 Å². The van der Waals surface area contributed by atoms with Gasteiger partial charge in [-0.05, 0) is 37.1 Å². The Balaban J connectivity index is 1.81. The molecule has 120 valence electrons. The van der Waals surface area contributed by atoms with Gasteiger partial charge in [0.1, 0.15) is 17.3 Å². The van der Waals surface area contributed by atoms with Crippen molar-refractivity contribution >= 4 is 17.4 Å². The quantitative estimate of drug-likeness (QED) is 0.858. The summed E-state index contributed by atoms with van der Waals surface area (Å²) in [4.78, 5) is 16.8. The van der Waals surface area contributed by atoms with Crippen LogP contribution in [0.3, 0.4) is 0 Å². The first-order chi connectivity index (χ1) is 11.2. The van der Waals surface area contributed by atoms with E-state index in [2.05, 4.69) is 15.6 Å². The van der Waals surface area contributed by atoms with E-state index >= 15 is 0 Å². The highest BCUT2D eigenvalue weighted by Crippen LogP contribution is 2.30. The van der Waals surface area contributed by atoms with Crippen molar-refractivity contribution in [2.45, 2.75) is 18.9 Å². The lowest BCUT2D eigenvalue weighted by Gasteiger charge is -2.13. The van der Waals surface area contributed by atoms with Crippen LogP contribution in [0.5, 0.6) is 11.5 Å². The average molecular weight is 313 g/mol. The molecule has 2 N–H and O–H groups in total. The third-order valence-corrected chi connectivity index (χ3v) is 3.63. The average Bonchev–Trinajstić information content (AvgIpc) is 3.39. The van der Waals surface area contributed by atoms with Gasteiger partial charge in [-0.2, -0.15) is 0 Å². The number of rotatable bonds is 6. The van der Waals surface area contributed by atoms with Crippen molar-refractivity contribution in [3.63, 3.8) is 0 Å². The number of benzene rings is 1. The number of aromatic nitrogens is 1. The lowest BCUT2D eigenvalue weighted by molar-refractivity contribution is 0.102. The molecule has 23 heavy (non-hydrogen) atoms. The summed E-state index contributed by atoms with van der Waals surface area (Å²) >= 11 is 0. The number of nitrogens with zero attached hydrogens (tertiary/aromatic N) is 1. The van der Waals surface area contributed by atoms with E-state index in [0.29, 0.717) is 34.6 Å². The van der Waals surface area contributed by atoms with E-state index in [-0.39, 0.29) is 5.91 Å². The maximum Gasteiger partial charge on any atom is 0.259 e. The number of amides is 1. The molecule has 0 aliphatic heterocycles. The lowest BCUT2D eigenvalue weighted by atomic mass is 10.2. The fourth-order valence-corrected chi connectivity index (χ4v) is 2.22. The third-order valence-electron chi connectivity index (χ3n) is 3.63. The van der Waals surface area contributed by atoms with Crippen molar-refractivity contribution in [1.29, 1.82) is 0 Å². The number of nitrogens with one attached hydrogen (secondary N) is 2. The van der Waals surface area contributed by atoms with Crippen LogP contribution in [-0.4, -0.2) is 31.2 Å². The van der Waals surface area contributed by atoms with Gasteiger partial charge in [0.05, 0.1) is 25.5 Å². The Hall–Kier alpha value is -2.76. The van der Waals surface area contributed by atoms with Crippen molar-refractivity contribution in [1.82, 2.24) is 4.98 Å². The van der Waals surface area contributed by atoms with Gasteiger partial charge < -0.3 is 20.1 Å². The Morgan fingerprint density at radius 3 is 2.74 bits per heavy atom. The molecule has 1 fully saturated rings. The number of anilines is 2. The maximum atomic E-state index is 12.6. The Morgan fingerprint density at radius 2 is 2.04 bits per heavy atom. The zero-order valence-electron chi connectivity index (χ0n) is 13.1. The Bertz CT molecular complexity index is 714. The second-order valence-corrected chi connectivity index (χ2v) is 5.34. The zero-order valence-corrected chi connectivity index (χ0v) is 13.1. The second kappa shape index (κ2) is 6.56. The van der Waals surface area contributed by atoms with Crippen LogP contribution in [0, 0.1) is 0 Å². The highest BCUT2D eigenvalue weighted by molar-refractivity contribution is 6.08. The first kappa shape index (κ1) is 15.1. The van der Waals surface area contributed by atoms with Gasteiger partial charge in [-0.3, -0.25) is 4.79 Å². The van der Waals surface area contributed by atoms with Gasteiger partial charge in [0.15, 0.2) is 0 Å². The Labute approximate surface area is 134 Å². The minimum Gasteiger partial charge on any atom is -0.497 e. The van der Waals surface area contributed by atoms with E-state index in [9.17, 15) is 4.79 Å². The molecule has 0 bridgehead atoms. The molecule has 0 spiro atoms. The van der Waals surface area contributed by atoms with Crippen molar-refractivity contribution in [3.8, 4) is 11.5 Å². The van der Waals surface area contributed by atoms with Gasteiger partial charge >= 0.3 is 0 Å². The molecule has 0 saturated heterocycles. The van der Waals surface area contributed by atoms with Gasteiger partial charge in [-0.25, -0.2) is 4.98 Å². The predicted molar refractivity (Wildman–Crippen MR) is 88.4 cm³/mol. The zero-order chi connectivity index (χ0) is 16.2. The van der Waals surface area contributed by atoms with Crippen molar-refractivity contribution in [2.75, 3.05) is 24.9 Å². The van der Waals surface area contributed by atoms with Crippen LogP contribution >= 0.6 is 0 Å². The van der Waals surface area contributed by atoms with E-state index in [4.69, 9.17) is 9.47 Å². The molecule has 1 heterocycles. The summed E-state index contributed by atoms with van der Waals surface area (Å²) in [6.07, 6.45) is 3.91. The standard InChI is InChI=1S/C17H19N3O3/c1-22-12-7-8-14(15(10-12)23-2)20-17(21)13-4-3-9-18-16(13)19-11-5-6-11/h3-4,7-11H,5-6H2,1-2H3,(H,18,19)(H,20,21). The molecule has 1 aliphatic rings. The number of carbonyl (C=O) groups is 1. The normalized spacial score (nSPS) is 13.3. The van der Waals surface area contributed by atoms with E-state index < -0.39 is 0 Å². The van der Waals surface area contributed by atoms with Crippen LogP contribution in [0.15, 0.2) is 36.5 Å². The van der Waals surface area contributed by atoms with Crippen LogP contribution in [0.1, 0.15) is 23.2 Å². The molecule has 1 aromatic carbocycles. The molecular weight excluding hydrogens is 294 g/mol. The molecule has 1 aromatic heterocycles. The van der Waals surface area contributed by atoms with Crippen molar-refractivity contribution in [2.24, 2.45) is 0 Å². The van der Waals surface area contributed by atoms with Crippen molar-refractivity contribution < 1.29 is 14.3 Å². The molecule has 1 aliphatic carbocycles. The van der Waals surface area contributed by atoms with Crippen molar-refractivity contribution in [3.05, 3.63) is 42.1 Å². The number of carbonyl (C=O) groups excluding carboxylic acids is 1. The Kier molecular flexibility index (Phi) is 4.32. The lowest BCUT2D eigenvalue weighted by Crippen LogP contribution is -2.16. The molecule has 6 nitrogen and oxygen atoms in total. The minimum atomic E-state index is -0.232. The molecule has 0 unspecified atom stereocenters. The van der Waals surface area contributed by atoms with Crippen LogP contribution in [0.4, 0.5) is 11.5 Å². The number of ether oxygens (including phenoxy) is 2. The minimum absolute atomic E-state index is 0.232. The third kappa shape index (κ3) is 3.53. The highest BCUT2D eigenvalue weighted by Gasteiger charge is 2.24. The number of pyridine rings is 1. The van der Waals surface area contributed by atoms with Gasteiger partial charge in [0.25, 0.3) is 5.91 Å². The molecule has 1 amide bonds. The van der Waals surface area contributed by atoms with Crippen LogP contribution < -0.4 is 20.1 Å². The van der Waals surface area contributed by atoms with Crippen LogP contribution in [-0.2, 0) is 0 Å². The Morgan fingerprint density at radius 1 is 1.22 bits per heavy atom. The number of methoxy groups -OCH3 is 2. The first-order valence-corrected chi connectivity index (χ1v) is 7.46. The summed E-state index contributed by atoms with van der Waals surface area (Å²) < 4.78 is 10.5. The van der Waals surface area contributed by atoms with E-state index in [1.54, 1.807) is 50.7 Å². The summed E-state index contributed by atoms with van der Waals surface area (Å²) in [7, 11) is 3.13. The number of hydrogen-bond donors (Lipinski definition) is 2. The summed E-state index contributed by atoms with van der Waals surface area (Å²) in [5.41, 5.74) is 1.09. The SMILES string of the molecule is COc1ccc(NC(=O)c2cccnc2NC2CC2)c(OC)c1. The van der Waals surface area contributed by atoms with Gasteiger partial charge in [-0.1, -0.05) is 0 Å². The van der Waals surface area contributed by atoms with Gasteiger partial charge in [-0.15, -0.1) is 0 Å². The van der Waals surface area contributed by atoms with Gasteiger partial charge in [0, 0.05) is 18.3 Å². The fraction of sp³-hybridized carbons (Fsp3) is 0.294.